The highest BCUT2D eigenvalue weighted by Crippen LogP contribution is 2.32. The molecule has 0 saturated heterocycles. The molecule has 0 saturated carbocycles. The van der Waals surface area contributed by atoms with Crippen LogP contribution in [0.5, 0.6) is 11.5 Å². The Morgan fingerprint density at radius 1 is 1.18 bits per heavy atom. The number of aryl methyl sites for hydroxylation is 1. The van der Waals surface area contributed by atoms with Crippen molar-refractivity contribution in [3.05, 3.63) is 52.4 Å². The van der Waals surface area contributed by atoms with Crippen LogP contribution in [0.3, 0.4) is 0 Å². The molecular weight excluding hydrogens is 362 g/mol. The average molecular weight is 383 g/mol. The Hall–Kier alpha value is -3.35. The van der Waals surface area contributed by atoms with E-state index in [0.717, 1.165) is 5.56 Å². The third kappa shape index (κ3) is 3.83. The number of benzene rings is 1. The second kappa shape index (κ2) is 7.72. The molecule has 7 heteroatoms. The minimum Gasteiger partial charge on any atom is -0.454 e. The van der Waals surface area contributed by atoms with E-state index in [9.17, 15) is 14.4 Å². The fourth-order valence-electron chi connectivity index (χ4n) is 3.18. The van der Waals surface area contributed by atoms with Crippen molar-refractivity contribution >= 4 is 23.6 Å². The summed E-state index contributed by atoms with van der Waals surface area (Å²) in [6, 6.07) is 5.28. The van der Waals surface area contributed by atoms with Crippen molar-refractivity contribution in [2.24, 2.45) is 0 Å². The van der Waals surface area contributed by atoms with Crippen molar-refractivity contribution in [2.45, 2.75) is 33.8 Å². The Kier molecular flexibility index (Phi) is 5.35. The van der Waals surface area contributed by atoms with Crippen molar-refractivity contribution in [1.29, 1.82) is 0 Å². The lowest BCUT2D eigenvalue weighted by atomic mass is 10.0. The summed E-state index contributed by atoms with van der Waals surface area (Å²) in [5, 5.41) is 0. The number of H-pyrrole nitrogens is 1. The minimum atomic E-state index is -0.995. The van der Waals surface area contributed by atoms with Gasteiger partial charge in [0.2, 0.25) is 12.6 Å². The normalized spacial score (nSPS) is 13.6. The van der Waals surface area contributed by atoms with Gasteiger partial charge in [0.15, 0.2) is 23.4 Å². The summed E-state index contributed by atoms with van der Waals surface area (Å²) in [4.78, 5) is 39.3. The molecule has 0 bridgehead atoms. The molecule has 0 radical (unpaired) electrons. The lowest BCUT2D eigenvalue weighted by molar-refractivity contribution is -0.140. The molecule has 1 N–H and O–H groups in total. The molecule has 0 spiro atoms. The molecule has 0 fully saturated rings. The molecule has 0 aliphatic carbocycles. The Balaban J connectivity index is 1.66. The smallest absolute Gasteiger partial charge is 0.331 e. The predicted octanol–water partition coefficient (Wildman–Crippen LogP) is 3.39. The topological polar surface area (TPSA) is 94.7 Å². The standard InChI is InChI=1S/C21H21NO6/c1-11-19(13(3)23)12(2)22-20(11)21(25)14(4)28-18(24)8-6-15-5-7-16-17(9-15)27-10-26-16/h5-9,14,22H,10H2,1-4H3/b8-6+/t14-/m0/s1. The first-order valence-electron chi connectivity index (χ1n) is 8.80. The lowest BCUT2D eigenvalue weighted by Gasteiger charge is -2.10. The van der Waals surface area contributed by atoms with E-state index in [1.54, 1.807) is 38.1 Å². The third-order valence-corrected chi connectivity index (χ3v) is 4.51. The molecule has 1 atom stereocenters. The molecule has 1 aliphatic rings. The third-order valence-electron chi connectivity index (χ3n) is 4.51. The van der Waals surface area contributed by atoms with Gasteiger partial charge >= 0.3 is 5.97 Å². The van der Waals surface area contributed by atoms with E-state index in [1.807, 2.05) is 0 Å². The monoisotopic (exact) mass is 383 g/mol. The Morgan fingerprint density at radius 3 is 2.57 bits per heavy atom. The fraction of sp³-hybridized carbons (Fsp3) is 0.286. The quantitative estimate of drug-likeness (QED) is 0.467. The summed E-state index contributed by atoms with van der Waals surface area (Å²) in [7, 11) is 0. The van der Waals surface area contributed by atoms with Gasteiger partial charge in [-0.15, -0.1) is 0 Å². The molecule has 7 nitrogen and oxygen atoms in total. The lowest BCUT2D eigenvalue weighted by Crippen LogP contribution is -2.24. The molecule has 0 amide bonds. The van der Waals surface area contributed by atoms with Gasteiger partial charge in [0.1, 0.15) is 0 Å². The van der Waals surface area contributed by atoms with Crippen LogP contribution in [0.25, 0.3) is 6.08 Å². The number of aromatic amines is 1. The number of fused-ring (bicyclic) bond motifs is 1. The summed E-state index contributed by atoms with van der Waals surface area (Å²) < 4.78 is 15.7. The Morgan fingerprint density at radius 2 is 1.89 bits per heavy atom. The van der Waals surface area contributed by atoms with Crippen molar-refractivity contribution in [1.82, 2.24) is 4.98 Å². The number of Topliss-reactive ketones (excluding diaryl/α,β-unsaturated/α-hetero) is 2. The van der Waals surface area contributed by atoms with Crippen LogP contribution in [0.1, 0.15) is 51.5 Å². The second-order valence-corrected chi connectivity index (χ2v) is 6.57. The van der Waals surface area contributed by atoms with Gasteiger partial charge in [-0.1, -0.05) is 6.07 Å². The molecule has 1 aliphatic heterocycles. The number of rotatable bonds is 6. The number of carbonyl (C=O) groups is 3. The molecule has 2 heterocycles. The van der Waals surface area contributed by atoms with Gasteiger partial charge in [-0.25, -0.2) is 4.79 Å². The maximum absolute atomic E-state index is 12.6. The number of hydrogen-bond acceptors (Lipinski definition) is 6. The van der Waals surface area contributed by atoms with E-state index in [1.165, 1.54) is 19.9 Å². The zero-order chi connectivity index (χ0) is 20.4. The number of ketones is 2. The van der Waals surface area contributed by atoms with Crippen LogP contribution >= 0.6 is 0 Å². The van der Waals surface area contributed by atoms with Crippen LogP contribution in [0.2, 0.25) is 0 Å². The highest BCUT2D eigenvalue weighted by molar-refractivity contribution is 6.05. The van der Waals surface area contributed by atoms with Gasteiger partial charge in [0.05, 0.1) is 5.69 Å². The molecule has 0 unspecified atom stereocenters. The Labute approximate surface area is 162 Å². The number of ether oxygens (including phenoxy) is 3. The largest absolute Gasteiger partial charge is 0.454 e. The van der Waals surface area contributed by atoms with Crippen LogP contribution in [0, 0.1) is 13.8 Å². The molecular formula is C21H21NO6. The number of aromatic nitrogens is 1. The average Bonchev–Trinajstić information content (AvgIpc) is 3.22. The number of nitrogens with one attached hydrogen (secondary N) is 1. The highest BCUT2D eigenvalue weighted by Gasteiger charge is 2.25. The van der Waals surface area contributed by atoms with Gasteiger partial charge in [-0.3, -0.25) is 9.59 Å². The molecule has 1 aromatic carbocycles. The van der Waals surface area contributed by atoms with E-state index in [2.05, 4.69) is 4.98 Å². The van der Waals surface area contributed by atoms with E-state index in [0.29, 0.717) is 28.3 Å². The maximum Gasteiger partial charge on any atom is 0.331 e. The first kappa shape index (κ1) is 19.4. The number of hydrogen-bond donors (Lipinski definition) is 1. The van der Waals surface area contributed by atoms with Gasteiger partial charge < -0.3 is 19.2 Å². The highest BCUT2D eigenvalue weighted by atomic mass is 16.7. The summed E-state index contributed by atoms with van der Waals surface area (Å²) in [6.45, 7) is 6.54. The molecule has 1 aromatic heterocycles. The molecule has 2 aromatic rings. The summed E-state index contributed by atoms with van der Waals surface area (Å²) >= 11 is 0. The number of esters is 1. The minimum absolute atomic E-state index is 0.124. The van der Waals surface area contributed by atoms with Crippen LogP contribution < -0.4 is 9.47 Å². The van der Waals surface area contributed by atoms with Crippen LogP contribution in [-0.4, -0.2) is 35.4 Å². The fourth-order valence-corrected chi connectivity index (χ4v) is 3.18. The van der Waals surface area contributed by atoms with E-state index in [4.69, 9.17) is 14.2 Å². The van der Waals surface area contributed by atoms with Crippen LogP contribution in [0.4, 0.5) is 0 Å². The maximum atomic E-state index is 12.6. The van der Waals surface area contributed by atoms with Crippen molar-refractivity contribution < 1.29 is 28.6 Å². The van der Waals surface area contributed by atoms with Crippen LogP contribution in [0.15, 0.2) is 24.3 Å². The zero-order valence-electron chi connectivity index (χ0n) is 16.1. The van der Waals surface area contributed by atoms with E-state index < -0.39 is 17.9 Å². The summed E-state index contributed by atoms with van der Waals surface area (Å²) in [5.74, 6) is 0.101. The van der Waals surface area contributed by atoms with E-state index in [-0.39, 0.29) is 18.3 Å². The molecule has 3 rings (SSSR count). The first-order valence-corrected chi connectivity index (χ1v) is 8.80. The first-order chi connectivity index (χ1) is 13.3. The molecule has 146 valence electrons. The van der Waals surface area contributed by atoms with E-state index >= 15 is 0 Å². The van der Waals surface area contributed by atoms with Crippen LogP contribution in [-0.2, 0) is 9.53 Å². The van der Waals surface area contributed by atoms with Crippen molar-refractivity contribution in [3.63, 3.8) is 0 Å². The molecule has 28 heavy (non-hydrogen) atoms. The SMILES string of the molecule is CC(=O)c1c(C)[nH]c(C(=O)[C@H](C)OC(=O)/C=C/c2ccc3c(c2)OCO3)c1C. The van der Waals surface area contributed by atoms with Crippen molar-refractivity contribution in [2.75, 3.05) is 6.79 Å². The Bertz CT molecular complexity index is 985. The van der Waals surface area contributed by atoms with Gasteiger partial charge in [0.25, 0.3) is 0 Å². The van der Waals surface area contributed by atoms with Gasteiger partial charge in [-0.05, 0) is 57.0 Å². The zero-order valence-corrected chi connectivity index (χ0v) is 16.1. The van der Waals surface area contributed by atoms with Gasteiger partial charge in [-0.2, -0.15) is 0 Å². The van der Waals surface area contributed by atoms with Gasteiger partial charge in [0, 0.05) is 17.3 Å². The van der Waals surface area contributed by atoms with Crippen molar-refractivity contribution in [3.8, 4) is 11.5 Å². The second-order valence-electron chi connectivity index (χ2n) is 6.57. The predicted molar refractivity (Wildman–Crippen MR) is 102 cm³/mol. The summed E-state index contributed by atoms with van der Waals surface area (Å²) in [5.41, 5.74) is 2.69. The number of carbonyl (C=O) groups excluding carboxylic acids is 3. The summed E-state index contributed by atoms with van der Waals surface area (Å²) in [6.07, 6.45) is 1.82.